The molecule has 0 aliphatic heterocycles. The standard InChI is InChI=1S/C15H20N4/c1-15(8-4-2-5-9-15)13-12(14(16)19-18-13)11-7-3-6-10-17-11/h3,6-7,10H,2,4-5,8-9H2,1H3,(H3,16,18,19). The van der Waals surface area contributed by atoms with Crippen LogP contribution in [0.4, 0.5) is 5.82 Å². The van der Waals surface area contributed by atoms with Crippen molar-refractivity contribution in [3.8, 4) is 11.3 Å². The highest BCUT2D eigenvalue weighted by Gasteiger charge is 2.34. The Bertz CT molecular complexity index is 553. The second-order valence-electron chi connectivity index (χ2n) is 5.70. The van der Waals surface area contributed by atoms with Crippen LogP contribution in [0.25, 0.3) is 11.3 Å². The Balaban J connectivity index is 2.08. The van der Waals surface area contributed by atoms with E-state index in [1.54, 1.807) is 6.20 Å². The van der Waals surface area contributed by atoms with Crippen molar-refractivity contribution in [2.75, 3.05) is 5.73 Å². The molecule has 0 radical (unpaired) electrons. The summed E-state index contributed by atoms with van der Waals surface area (Å²) in [6.07, 6.45) is 8.06. The van der Waals surface area contributed by atoms with E-state index in [2.05, 4.69) is 22.1 Å². The number of hydrogen-bond donors (Lipinski definition) is 2. The highest BCUT2D eigenvalue weighted by atomic mass is 15.2. The molecule has 1 aliphatic rings. The smallest absolute Gasteiger partial charge is 0.154 e. The minimum atomic E-state index is 0.149. The molecule has 2 aromatic rings. The molecule has 0 spiro atoms. The SMILES string of the molecule is CC1(c2[nH]nc(N)c2-c2ccccn2)CCCCC1. The van der Waals surface area contributed by atoms with Gasteiger partial charge in [0.1, 0.15) is 0 Å². The van der Waals surface area contributed by atoms with Crippen LogP contribution in [0.2, 0.25) is 0 Å². The first kappa shape index (κ1) is 12.2. The Morgan fingerprint density at radius 3 is 2.68 bits per heavy atom. The third-order valence-electron chi connectivity index (χ3n) is 4.28. The summed E-state index contributed by atoms with van der Waals surface area (Å²) in [5.41, 5.74) is 9.26. The first-order chi connectivity index (χ1) is 9.21. The van der Waals surface area contributed by atoms with Gasteiger partial charge in [-0.2, -0.15) is 5.10 Å². The van der Waals surface area contributed by atoms with E-state index >= 15 is 0 Å². The lowest BCUT2D eigenvalue weighted by molar-refractivity contribution is 0.312. The summed E-state index contributed by atoms with van der Waals surface area (Å²) < 4.78 is 0. The third kappa shape index (κ3) is 2.11. The van der Waals surface area contributed by atoms with Gasteiger partial charge in [0.05, 0.1) is 17.0 Å². The van der Waals surface area contributed by atoms with Gasteiger partial charge < -0.3 is 5.73 Å². The lowest BCUT2D eigenvalue weighted by atomic mass is 9.72. The van der Waals surface area contributed by atoms with Crippen LogP contribution >= 0.6 is 0 Å². The molecule has 0 aromatic carbocycles. The van der Waals surface area contributed by atoms with Crippen molar-refractivity contribution in [3.05, 3.63) is 30.1 Å². The summed E-state index contributed by atoms with van der Waals surface area (Å²) in [5.74, 6) is 0.556. The van der Waals surface area contributed by atoms with Crippen LogP contribution < -0.4 is 5.73 Å². The minimum Gasteiger partial charge on any atom is -0.382 e. The van der Waals surface area contributed by atoms with Gasteiger partial charge in [-0.05, 0) is 25.0 Å². The number of aromatic amines is 1. The van der Waals surface area contributed by atoms with Gasteiger partial charge in [0, 0.05) is 11.6 Å². The zero-order valence-corrected chi connectivity index (χ0v) is 11.3. The van der Waals surface area contributed by atoms with Gasteiger partial charge in [-0.15, -0.1) is 0 Å². The van der Waals surface area contributed by atoms with Crippen molar-refractivity contribution in [1.29, 1.82) is 0 Å². The monoisotopic (exact) mass is 256 g/mol. The number of nitrogens with one attached hydrogen (secondary N) is 1. The van der Waals surface area contributed by atoms with E-state index < -0.39 is 0 Å². The minimum absolute atomic E-state index is 0.149. The molecule has 1 aliphatic carbocycles. The topological polar surface area (TPSA) is 67.6 Å². The molecule has 0 saturated heterocycles. The molecule has 100 valence electrons. The third-order valence-corrected chi connectivity index (χ3v) is 4.28. The first-order valence-electron chi connectivity index (χ1n) is 6.96. The second-order valence-corrected chi connectivity index (χ2v) is 5.70. The summed E-state index contributed by atoms with van der Waals surface area (Å²) in [4.78, 5) is 4.43. The summed E-state index contributed by atoms with van der Waals surface area (Å²) in [5, 5.41) is 7.39. The Labute approximate surface area is 113 Å². The van der Waals surface area contributed by atoms with E-state index in [0.717, 1.165) is 17.0 Å². The predicted molar refractivity (Wildman–Crippen MR) is 76.7 cm³/mol. The molecule has 0 atom stereocenters. The number of rotatable bonds is 2. The van der Waals surface area contributed by atoms with Crippen LogP contribution in [-0.2, 0) is 5.41 Å². The fourth-order valence-electron chi connectivity index (χ4n) is 3.14. The number of H-pyrrole nitrogens is 1. The average molecular weight is 256 g/mol. The summed E-state index contributed by atoms with van der Waals surface area (Å²) >= 11 is 0. The molecule has 4 nitrogen and oxygen atoms in total. The van der Waals surface area contributed by atoms with Gasteiger partial charge in [0.15, 0.2) is 5.82 Å². The number of anilines is 1. The maximum Gasteiger partial charge on any atom is 0.154 e. The molecule has 3 rings (SSSR count). The van der Waals surface area contributed by atoms with Crippen molar-refractivity contribution in [1.82, 2.24) is 15.2 Å². The summed E-state index contributed by atoms with van der Waals surface area (Å²) in [7, 11) is 0. The maximum absolute atomic E-state index is 6.06. The number of aromatic nitrogens is 3. The van der Waals surface area contributed by atoms with Gasteiger partial charge >= 0.3 is 0 Å². The van der Waals surface area contributed by atoms with Crippen LogP contribution in [0.1, 0.15) is 44.7 Å². The van der Waals surface area contributed by atoms with E-state index in [9.17, 15) is 0 Å². The normalized spacial score (nSPS) is 18.4. The Morgan fingerprint density at radius 1 is 1.21 bits per heavy atom. The van der Waals surface area contributed by atoms with Crippen LogP contribution in [-0.4, -0.2) is 15.2 Å². The largest absolute Gasteiger partial charge is 0.382 e. The zero-order chi connectivity index (χ0) is 13.3. The van der Waals surface area contributed by atoms with E-state index in [1.165, 1.54) is 32.1 Å². The van der Waals surface area contributed by atoms with Crippen molar-refractivity contribution in [3.63, 3.8) is 0 Å². The molecular formula is C15H20N4. The second kappa shape index (κ2) is 4.68. The van der Waals surface area contributed by atoms with Crippen LogP contribution in [0.5, 0.6) is 0 Å². The quantitative estimate of drug-likeness (QED) is 0.866. The molecule has 0 amide bonds. The van der Waals surface area contributed by atoms with Gasteiger partial charge in [-0.1, -0.05) is 32.3 Å². The molecule has 4 heteroatoms. The predicted octanol–water partition coefficient (Wildman–Crippen LogP) is 3.28. The number of hydrogen-bond acceptors (Lipinski definition) is 3. The Morgan fingerprint density at radius 2 is 2.00 bits per heavy atom. The average Bonchev–Trinajstić information content (AvgIpc) is 2.83. The molecule has 1 saturated carbocycles. The fourth-order valence-corrected chi connectivity index (χ4v) is 3.14. The molecule has 3 N–H and O–H groups in total. The van der Waals surface area contributed by atoms with Crippen LogP contribution in [0.3, 0.4) is 0 Å². The Hall–Kier alpha value is -1.84. The molecule has 0 unspecified atom stereocenters. The molecule has 2 heterocycles. The molecule has 0 bridgehead atoms. The lowest BCUT2D eigenvalue weighted by Crippen LogP contribution is -2.26. The summed E-state index contributed by atoms with van der Waals surface area (Å²) in [6, 6.07) is 5.90. The lowest BCUT2D eigenvalue weighted by Gasteiger charge is -2.33. The first-order valence-corrected chi connectivity index (χ1v) is 6.96. The van der Waals surface area contributed by atoms with Crippen LogP contribution in [0, 0.1) is 0 Å². The van der Waals surface area contributed by atoms with E-state index in [1.807, 2.05) is 18.2 Å². The molecule has 1 fully saturated rings. The maximum atomic E-state index is 6.06. The van der Waals surface area contributed by atoms with Gasteiger partial charge in [0.2, 0.25) is 0 Å². The van der Waals surface area contributed by atoms with Gasteiger partial charge in [-0.3, -0.25) is 10.1 Å². The number of nitrogens with two attached hydrogens (primary N) is 1. The van der Waals surface area contributed by atoms with Crippen molar-refractivity contribution in [2.45, 2.75) is 44.4 Å². The molecule has 2 aromatic heterocycles. The number of nitrogen functional groups attached to an aromatic ring is 1. The highest BCUT2D eigenvalue weighted by molar-refractivity contribution is 5.74. The number of pyridine rings is 1. The van der Waals surface area contributed by atoms with E-state index in [4.69, 9.17) is 5.73 Å². The van der Waals surface area contributed by atoms with E-state index in [0.29, 0.717) is 5.82 Å². The van der Waals surface area contributed by atoms with Gasteiger partial charge in [-0.25, -0.2) is 0 Å². The zero-order valence-electron chi connectivity index (χ0n) is 11.3. The fraction of sp³-hybridized carbons (Fsp3) is 0.467. The van der Waals surface area contributed by atoms with Crippen LogP contribution in [0.15, 0.2) is 24.4 Å². The number of nitrogens with zero attached hydrogens (tertiary/aromatic N) is 2. The molecule has 19 heavy (non-hydrogen) atoms. The summed E-state index contributed by atoms with van der Waals surface area (Å²) in [6.45, 7) is 2.31. The van der Waals surface area contributed by atoms with Crippen molar-refractivity contribution >= 4 is 5.82 Å². The Kier molecular flexibility index (Phi) is 3.01. The highest BCUT2D eigenvalue weighted by Crippen LogP contribution is 2.43. The van der Waals surface area contributed by atoms with Crippen molar-refractivity contribution in [2.24, 2.45) is 0 Å². The van der Waals surface area contributed by atoms with Crippen molar-refractivity contribution < 1.29 is 0 Å². The molecular weight excluding hydrogens is 236 g/mol. The van der Waals surface area contributed by atoms with Gasteiger partial charge in [0.25, 0.3) is 0 Å². The van der Waals surface area contributed by atoms with E-state index in [-0.39, 0.29) is 5.41 Å².